The van der Waals surface area contributed by atoms with Crippen molar-refractivity contribution in [3.63, 3.8) is 0 Å². The lowest BCUT2D eigenvalue weighted by Gasteiger charge is -2.20. The standard InChI is InChI=1S/C14H27N3O3/c1-10(2)6-12(14(19)20-3)16-13(18)9-17-5-4-11(7-15)8-17/h10-12H,4-9,15H2,1-3H3,(H,16,18). The number of nitrogens with two attached hydrogens (primary N) is 1. The molecule has 1 amide bonds. The molecule has 6 heteroatoms. The summed E-state index contributed by atoms with van der Waals surface area (Å²) < 4.78 is 4.73. The molecule has 6 nitrogen and oxygen atoms in total. The monoisotopic (exact) mass is 285 g/mol. The van der Waals surface area contributed by atoms with Gasteiger partial charge in [0, 0.05) is 6.54 Å². The molecular weight excluding hydrogens is 258 g/mol. The van der Waals surface area contributed by atoms with Crippen LogP contribution in [0.2, 0.25) is 0 Å². The minimum Gasteiger partial charge on any atom is -0.467 e. The molecule has 2 unspecified atom stereocenters. The Morgan fingerprint density at radius 1 is 1.45 bits per heavy atom. The molecule has 1 aliphatic heterocycles. The van der Waals surface area contributed by atoms with Crippen LogP contribution in [0.15, 0.2) is 0 Å². The topological polar surface area (TPSA) is 84.7 Å². The van der Waals surface area contributed by atoms with Gasteiger partial charge in [-0.15, -0.1) is 0 Å². The second-order valence-corrected chi connectivity index (χ2v) is 5.90. The van der Waals surface area contributed by atoms with Crippen LogP contribution >= 0.6 is 0 Å². The molecule has 1 rings (SSSR count). The number of carbonyl (C=O) groups excluding carboxylic acids is 2. The van der Waals surface area contributed by atoms with Crippen LogP contribution in [-0.2, 0) is 14.3 Å². The molecule has 0 aromatic rings. The van der Waals surface area contributed by atoms with Gasteiger partial charge in [0.1, 0.15) is 6.04 Å². The zero-order chi connectivity index (χ0) is 15.1. The van der Waals surface area contributed by atoms with E-state index >= 15 is 0 Å². The maximum atomic E-state index is 12.0. The predicted octanol–water partition coefficient (Wildman–Crippen LogP) is -0.0291. The maximum Gasteiger partial charge on any atom is 0.328 e. The van der Waals surface area contributed by atoms with Gasteiger partial charge in [-0.1, -0.05) is 13.8 Å². The number of likely N-dealkylation sites (tertiary alicyclic amines) is 1. The largest absolute Gasteiger partial charge is 0.467 e. The first-order valence-corrected chi connectivity index (χ1v) is 7.25. The van der Waals surface area contributed by atoms with Crippen molar-refractivity contribution < 1.29 is 14.3 Å². The first-order chi connectivity index (χ1) is 9.46. The van der Waals surface area contributed by atoms with Gasteiger partial charge >= 0.3 is 5.97 Å². The van der Waals surface area contributed by atoms with E-state index in [4.69, 9.17) is 10.5 Å². The minimum atomic E-state index is -0.555. The molecule has 0 aliphatic carbocycles. The molecule has 0 aromatic heterocycles. The summed E-state index contributed by atoms with van der Waals surface area (Å²) in [5.74, 6) is 0.287. The van der Waals surface area contributed by atoms with Crippen molar-refractivity contribution in [3.8, 4) is 0 Å². The van der Waals surface area contributed by atoms with Crippen molar-refractivity contribution in [2.45, 2.75) is 32.7 Å². The average Bonchev–Trinajstić information content (AvgIpc) is 2.84. The van der Waals surface area contributed by atoms with Gasteiger partial charge in [-0.25, -0.2) is 4.79 Å². The third kappa shape index (κ3) is 5.46. The highest BCUT2D eigenvalue weighted by molar-refractivity contribution is 5.85. The summed E-state index contributed by atoms with van der Waals surface area (Å²) in [6, 6.07) is -0.555. The summed E-state index contributed by atoms with van der Waals surface area (Å²) in [5, 5.41) is 2.77. The van der Waals surface area contributed by atoms with Crippen molar-refractivity contribution >= 4 is 11.9 Å². The molecule has 0 saturated carbocycles. The van der Waals surface area contributed by atoms with E-state index in [2.05, 4.69) is 10.2 Å². The predicted molar refractivity (Wildman–Crippen MR) is 77.0 cm³/mol. The third-order valence-corrected chi connectivity index (χ3v) is 3.60. The Labute approximate surface area is 121 Å². The van der Waals surface area contributed by atoms with Crippen LogP contribution in [0.3, 0.4) is 0 Å². The van der Waals surface area contributed by atoms with Crippen LogP contribution in [0.1, 0.15) is 26.7 Å². The van der Waals surface area contributed by atoms with E-state index in [1.807, 2.05) is 13.8 Å². The molecule has 1 fully saturated rings. The van der Waals surface area contributed by atoms with Gasteiger partial charge in [-0.05, 0) is 37.8 Å². The summed E-state index contributed by atoms with van der Waals surface area (Å²) in [5.41, 5.74) is 5.63. The Morgan fingerprint density at radius 2 is 2.15 bits per heavy atom. The van der Waals surface area contributed by atoms with E-state index in [0.717, 1.165) is 19.5 Å². The van der Waals surface area contributed by atoms with E-state index in [-0.39, 0.29) is 11.9 Å². The Kier molecular flexibility index (Phi) is 6.95. The van der Waals surface area contributed by atoms with Crippen LogP contribution in [0, 0.1) is 11.8 Å². The molecule has 3 N–H and O–H groups in total. The molecule has 0 spiro atoms. The van der Waals surface area contributed by atoms with Crippen LogP contribution in [0.25, 0.3) is 0 Å². The quantitative estimate of drug-likeness (QED) is 0.642. The van der Waals surface area contributed by atoms with E-state index in [1.165, 1.54) is 7.11 Å². The highest BCUT2D eigenvalue weighted by Crippen LogP contribution is 2.14. The van der Waals surface area contributed by atoms with Crippen molar-refractivity contribution in [2.75, 3.05) is 33.3 Å². The van der Waals surface area contributed by atoms with Crippen LogP contribution in [0.4, 0.5) is 0 Å². The third-order valence-electron chi connectivity index (χ3n) is 3.60. The molecule has 1 saturated heterocycles. The lowest BCUT2D eigenvalue weighted by atomic mass is 10.0. The van der Waals surface area contributed by atoms with Crippen molar-refractivity contribution in [3.05, 3.63) is 0 Å². The molecule has 2 atom stereocenters. The van der Waals surface area contributed by atoms with Gasteiger partial charge in [-0.3, -0.25) is 9.69 Å². The summed E-state index contributed by atoms with van der Waals surface area (Å²) in [7, 11) is 1.34. The second kappa shape index (κ2) is 8.21. The second-order valence-electron chi connectivity index (χ2n) is 5.90. The summed E-state index contributed by atoms with van der Waals surface area (Å²) >= 11 is 0. The van der Waals surface area contributed by atoms with E-state index in [9.17, 15) is 9.59 Å². The first kappa shape index (κ1) is 16.9. The summed E-state index contributed by atoms with van der Waals surface area (Å²) in [6.45, 7) is 6.75. The summed E-state index contributed by atoms with van der Waals surface area (Å²) in [6.07, 6.45) is 1.63. The van der Waals surface area contributed by atoms with Crippen LogP contribution < -0.4 is 11.1 Å². The Hall–Kier alpha value is -1.14. The van der Waals surface area contributed by atoms with E-state index in [1.54, 1.807) is 0 Å². The van der Waals surface area contributed by atoms with Crippen molar-refractivity contribution in [1.29, 1.82) is 0 Å². The lowest BCUT2D eigenvalue weighted by Crippen LogP contribution is -2.46. The SMILES string of the molecule is COC(=O)C(CC(C)C)NC(=O)CN1CCC(CN)C1. The molecule has 116 valence electrons. The molecule has 1 aliphatic rings. The molecule has 20 heavy (non-hydrogen) atoms. The Bertz CT molecular complexity index is 334. The highest BCUT2D eigenvalue weighted by Gasteiger charge is 2.26. The zero-order valence-electron chi connectivity index (χ0n) is 12.7. The van der Waals surface area contributed by atoms with E-state index < -0.39 is 6.04 Å². The average molecular weight is 285 g/mol. The molecule has 0 aromatic carbocycles. The Balaban J connectivity index is 2.43. The highest BCUT2D eigenvalue weighted by atomic mass is 16.5. The molecule has 0 radical (unpaired) electrons. The number of nitrogens with zero attached hydrogens (tertiary/aromatic N) is 1. The van der Waals surface area contributed by atoms with Gasteiger partial charge in [0.15, 0.2) is 0 Å². The number of hydrogen-bond acceptors (Lipinski definition) is 5. The number of hydrogen-bond donors (Lipinski definition) is 2. The number of amides is 1. The van der Waals surface area contributed by atoms with Crippen molar-refractivity contribution in [2.24, 2.45) is 17.6 Å². The lowest BCUT2D eigenvalue weighted by molar-refractivity contribution is -0.145. The fourth-order valence-corrected chi connectivity index (χ4v) is 2.52. The van der Waals surface area contributed by atoms with Gasteiger partial charge in [-0.2, -0.15) is 0 Å². The van der Waals surface area contributed by atoms with Crippen LogP contribution in [0.5, 0.6) is 0 Å². The van der Waals surface area contributed by atoms with Gasteiger partial charge in [0.2, 0.25) is 5.91 Å². The Morgan fingerprint density at radius 3 is 2.65 bits per heavy atom. The molecule has 0 bridgehead atoms. The van der Waals surface area contributed by atoms with Crippen LogP contribution in [-0.4, -0.2) is 56.1 Å². The fourth-order valence-electron chi connectivity index (χ4n) is 2.52. The molecule has 1 heterocycles. The minimum absolute atomic E-state index is 0.126. The zero-order valence-corrected chi connectivity index (χ0v) is 12.7. The number of rotatable bonds is 7. The van der Waals surface area contributed by atoms with Gasteiger partial charge in [0.25, 0.3) is 0 Å². The first-order valence-electron chi connectivity index (χ1n) is 7.25. The normalized spacial score (nSPS) is 20.9. The molecular formula is C14H27N3O3. The van der Waals surface area contributed by atoms with Gasteiger partial charge < -0.3 is 15.8 Å². The number of esters is 1. The van der Waals surface area contributed by atoms with Crippen molar-refractivity contribution in [1.82, 2.24) is 10.2 Å². The van der Waals surface area contributed by atoms with E-state index in [0.29, 0.717) is 31.3 Å². The fraction of sp³-hybridized carbons (Fsp3) is 0.857. The van der Waals surface area contributed by atoms with Gasteiger partial charge in [0.05, 0.1) is 13.7 Å². The maximum absolute atomic E-state index is 12.0. The smallest absolute Gasteiger partial charge is 0.328 e. The summed E-state index contributed by atoms with van der Waals surface area (Å²) in [4.78, 5) is 25.7. The number of nitrogens with one attached hydrogen (secondary N) is 1. The number of methoxy groups -OCH3 is 1. The number of carbonyl (C=O) groups is 2. The number of ether oxygens (including phenoxy) is 1.